The summed E-state index contributed by atoms with van der Waals surface area (Å²) < 4.78 is 9.10. The maximum atomic E-state index is 11.2. The van der Waals surface area contributed by atoms with Crippen molar-refractivity contribution >= 4 is 12.1 Å². The van der Waals surface area contributed by atoms with E-state index >= 15 is 0 Å². The van der Waals surface area contributed by atoms with Gasteiger partial charge in [-0.1, -0.05) is 20.3 Å². The summed E-state index contributed by atoms with van der Waals surface area (Å²) in [6.45, 7) is 3.32. The van der Waals surface area contributed by atoms with Crippen LogP contribution in [0.2, 0.25) is 0 Å². The molecule has 0 aliphatic carbocycles. The molecule has 88 valence electrons. The number of carbonyl (C=O) groups is 2. The standard InChI is InChI=1S/C9H17NO5/c1-4-5-7(2)8(11)13-6-14-9(12)15-10-3/h7,10H,4-6H2,1-3H3. The van der Waals surface area contributed by atoms with E-state index in [-0.39, 0.29) is 11.9 Å². The quantitative estimate of drug-likeness (QED) is 0.411. The Morgan fingerprint density at radius 3 is 2.53 bits per heavy atom. The molecule has 0 saturated carbocycles. The van der Waals surface area contributed by atoms with Crippen LogP contribution in [0.15, 0.2) is 0 Å². The molecule has 6 heteroatoms. The largest absolute Gasteiger partial charge is 0.530 e. The number of carbonyl (C=O) groups excluding carboxylic acids is 2. The molecule has 0 aliphatic heterocycles. The van der Waals surface area contributed by atoms with E-state index < -0.39 is 12.9 Å². The summed E-state index contributed by atoms with van der Waals surface area (Å²) in [5.74, 6) is -0.562. The molecule has 0 fully saturated rings. The lowest BCUT2D eigenvalue weighted by atomic mass is 10.1. The first-order chi connectivity index (χ1) is 7.11. The van der Waals surface area contributed by atoms with Crippen LogP contribution in [0.25, 0.3) is 0 Å². The maximum Gasteiger partial charge on any atom is 0.530 e. The lowest BCUT2D eigenvalue weighted by Crippen LogP contribution is -2.21. The minimum atomic E-state index is -0.937. The number of hydrogen-bond donors (Lipinski definition) is 1. The highest BCUT2D eigenvalue weighted by Gasteiger charge is 2.14. The van der Waals surface area contributed by atoms with Crippen LogP contribution in [0.5, 0.6) is 0 Å². The number of hydrogen-bond acceptors (Lipinski definition) is 6. The average Bonchev–Trinajstić information content (AvgIpc) is 2.18. The van der Waals surface area contributed by atoms with Gasteiger partial charge in [-0.25, -0.2) is 4.79 Å². The minimum absolute atomic E-state index is 0.182. The molecule has 0 heterocycles. The second-order valence-electron chi connectivity index (χ2n) is 2.97. The van der Waals surface area contributed by atoms with Gasteiger partial charge in [-0.3, -0.25) is 4.79 Å². The van der Waals surface area contributed by atoms with Crippen LogP contribution >= 0.6 is 0 Å². The first-order valence-corrected chi connectivity index (χ1v) is 4.78. The second kappa shape index (κ2) is 8.05. The molecular weight excluding hydrogens is 202 g/mol. The van der Waals surface area contributed by atoms with E-state index in [2.05, 4.69) is 19.8 Å². The van der Waals surface area contributed by atoms with Crippen LogP contribution in [0.4, 0.5) is 4.79 Å². The molecule has 0 saturated heterocycles. The third-order valence-electron chi connectivity index (χ3n) is 1.69. The summed E-state index contributed by atoms with van der Waals surface area (Å²) in [5.41, 5.74) is 2.13. The van der Waals surface area contributed by atoms with Gasteiger partial charge in [0, 0.05) is 7.05 Å². The predicted octanol–water partition coefficient (Wildman–Crippen LogP) is 1.21. The highest BCUT2D eigenvalue weighted by Crippen LogP contribution is 2.06. The molecular formula is C9H17NO5. The van der Waals surface area contributed by atoms with Crippen LogP contribution in [0.1, 0.15) is 26.7 Å². The molecule has 0 aromatic carbocycles. The van der Waals surface area contributed by atoms with E-state index in [9.17, 15) is 9.59 Å². The first kappa shape index (κ1) is 13.7. The van der Waals surface area contributed by atoms with Gasteiger partial charge in [-0.15, -0.1) is 0 Å². The van der Waals surface area contributed by atoms with Crippen molar-refractivity contribution in [2.24, 2.45) is 5.92 Å². The minimum Gasteiger partial charge on any atom is -0.427 e. The molecule has 0 bridgehead atoms. The molecule has 0 aromatic rings. The first-order valence-electron chi connectivity index (χ1n) is 4.78. The van der Waals surface area contributed by atoms with Crippen LogP contribution in [0, 0.1) is 5.92 Å². The summed E-state index contributed by atoms with van der Waals surface area (Å²) in [6, 6.07) is 0. The zero-order valence-corrected chi connectivity index (χ0v) is 9.24. The second-order valence-corrected chi connectivity index (χ2v) is 2.97. The lowest BCUT2D eigenvalue weighted by molar-refractivity contribution is -0.158. The summed E-state index contributed by atoms with van der Waals surface area (Å²) >= 11 is 0. The Labute approximate surface area is 88.8 Å². The zero-order chi connectivity index (χ0) is 11.7. The van der Waals surface area contributed by atoms with Gasteiger partial charge in [0.05, 0.1) is 5.92 Å². The Bertz CT molecular complexity index is 207. The van der Waals surface area contributed by atoms with E-state index in [0.717, 1.165) is 12.8 Å². The van der Waals surface area contributed by atoms with Crippen molar-refractivity contribution in [2.75, 3.05) is 13.8 Å². The fourth-order valence-corrected chi connectivity index (χ4v) is 0.942. The Hall–Kier alpha value is -1.30. The van der Waals surface area contributed by atoms with Gasteiger partial charge in [-0.05, 0) is 6.42 Å². The predicted molar refractivity (Wildman–Crippen MR) is 51.7 cm³/mol. The topological polar surface area (TPSA) is 73.9 Å². The van der Waals surface area contributed by atoms with Gasteiger partial charge < -0.3 is 14.3 Å². The SMILES string of the molecule is CCCC(C)C(=O)OCOC(=O)ONC. The lowest BCUT2D eigenvalue weighted by Gasteiger charge is -2.09. The number of esters is 1. The third-order valence-corrected chi connectivity index (χ3v) is 1.69. The Kier molecular flexibility index (Phi) is 7.35. The molecule has 1 atom stereocenters. The van der Waals surface area contributed by atoms with Crippen LogP contribution < -0.4 is 5.48 Å². The van der Waals surface area contributed by atoms with E-state index in [4.69, 9.17) is 0 Å². The summed E-state index contributed by atoms with van der Waals surface area (Å²) in [4.78, 5) is 26.1. The van der Waals surface area contributed by atoms with Gasteiger partial charge >= 0.3 is 12.1 Å². The molecule has 1 unspecified atom stereocenters. The Morgan fingerprint density at radius 2 is 2.00 bits per heavy atom. The Balaban J connectivity index is 3.58. The van der Waals surface area contributed by atoms with Gasteiger partial charge in [0.25, 0.3) is 0 Å². The summed E-state index contributed by atoms with van der Waals surface area (Å²) in [7, 11) is 1.41. The van der Waals surface area contributed by atoms with Gasteiger partial charge in [0.2, 0.25) is 6.79 Å². The molecule has 15 heavy (non-hydrogen) atoms. The van der Waals surface area contributed by atoms with Crippen molar-refractivity contribution in [1.29, 1.82) is 0 Å². The highest BCUT2D eigenvalue weighted by molar-refractivity contribution is 5.72. The maximum absolute atomic E-state index is 11.2. The van der Waals surface area contributed by atoms with Gasteiger partial charge in [0.1, 0.15) is 0 Å². The number of nitrogens with one attached hydrogen (secondary N) is 1. The van der Waals surface area contributed by atoms with E-state index in [1.165, 1.54) is 7.05 Å². The van der Waals surface area contributed by atoms with Crippen LogP contribution in [0.3, 0.4) is 0 Å². The molecule has 6 nitrogen and oxygen atoms in total. The molecule has 0 aromatic heterocycles. The van der Waals surface area contributed by atoms with Crippen LogP contribution in [-0.4, -0.2) is 26.0 Å². The summed E-state index contributed by atoms with van der Waals surface area (Å²) in [6.07, 6.45) is 0.715. The van der Waals surface area contributed by atoms with E-state index in [0.29, 0.717) is 0 Å². The Morgan fingerprint density at radius 1 is 1.33 bits per heavy atom. The van der Waals surface area contributed by atoms with Crippen molar-refractivity contribution in [3.8, 4) is 0 Å². The number of rotatable bonds is 6. The fraction of sp³-hybridized carbons (Fsp3) is 0.778. The average molecular weight is 219 g/mol. The zero-order valence-electron chi connectivity index (χ0n) is 9.24. The van der Waals surface area contributed by atoms with Gasteiger partial charge in [-0.2, -0.15) is 5.48 Å². The molecule has 0 amide bonds. The van der Waals surface area contributed by atoms with E-state index in [1.54, 1.807) is 6.92 Å². The van der Waals surface area contributed by atoms with E-state index in [1.807, 2.05) is 6.92 Å². The highest BCUT2D eigenvalue weighted by atomic mass is 16.8. The molecule has 1 N–H and O–H groups in total. The van der Waals surface area contributed by atoms with Crippen molar-refractivity contribution in [1.82, 2.24) is 5.48 Å². The monoisotopic (exact) mass is 219 g/mol. The number of ether oxygens (including phenoxy) is 2. The smallest absolute Gasteiger partial charge is 0.427 e. The van der Waals surface area contributed by atoms with Gasteiger partial charge in [0.15, 0.2) is 0 Å². The number of hydroxylamine groups is 1. The third kappa shape index (κ3) is 6.73. The van der Waals surface area contributed by atoms with Crippen molar-refractivity contribution < 1.29 is 23.9 Å². The van der Waals surface area contributed by atoms with Crippen molar-refractivity contribution in [3.63, 3.8) is 0 Å². The van der Waals surface area contributed by atoms with Crippen molar-refractivity contribution in [3.05, 3.63) is 0 Å². The van der Waals surface area contributed by atoms with Crippen LogP contribution in [-0.2, 0) is 19.1 Å². The van der Waals surface area contributed by atoms with Crippen molar-refractivity contribution in [2.45, 2.75) is 26.7 Å². The normalized spacial score (nSPS) is 11.7. The molecule has 0 radical (unpaired) electrons. The summed E-state index contributed by atoms with van der Waals surface area (Å²) in [5, 5.41) is 0. The molecule has 0 rings (SSSR count). The molecule has 0 aliphatic rings. The fourth-order valence-electron chi connectivity index (χ4n) is 0.942. The molecule has 0 spiro atoms.